The van der Waals surface area contributed by atoms with Crippen molar-refractivity contribution in [1.29, 1.82) is 0 Å². The highest BCUT2D eigenvalue weighted by atomic mass is 15.1. The van der Waals surface area contributed by atoms with Gasteiger partial charge in [-0.05, 0) is 162 Å². The molecule has 338 valence electrons. The lowest BCUT2D eigenvalue weighted by atomic mass is 9.70. The molecule has 0 aliphatic heterocycles. The molecule has 0 unspecified atom stereocenters. The van der Waals surface area contributed by atoms with E-state index in [0.29, 0.717) is 0 Å². The fourth-order valence-corrected chi connectivity index (χ4v) is 13.2. The summed E-state index contributed by atoms with van der Waals surface area (Å²) in [7, 11) is 0. The first-order valence-electron chi connectivity index (χ1n) is 25.3. The maximum atomic E-state index is 2.48. The van der Waals surface area contributed by atoms with Gasteiger partial charge in [-0.25, -0.2) is 0 Å². The summed E-state index contributed by atoms with van der Waals surface area (Å²) in [5, 5.41) is 2.57. The Bertz CT molecular complexity index is 4120. The summed E-state index contributed by atoms with van der Waals surface area (Å²) in [6.07, 6.45) is 0. The Morgan fingerprint density at radius 2 is 0.792 bits per heavy atom. The highest BCUT2D eigenvalue weighted by Crippen LogP contribution is 2.64. The van der Waals surface area contributed by atoms with Gasteiger partial charge in [0.05, 0.1) is 16.4 Å². The summed E-state index contributed by atoms with van der Waals surface area (Å²) in [6.45, 7) is 4.80. The molecule has 1 heterocycles. The van der Waals surface area contributed by atoms with Crippen molar-refractivity contribution in [3.05, 3.63) is 288 Å². The van der Waals surface area contributed by atoms with Crippen molar-refractivity contribution >= 4 is 38.9 Å². The van der Waals surface area contributed by atoms with Crippen LogP contribution in [0.25, 0.3) is 83.1 Å². The Balaban J connectivity index is 0.885. The minimum Gasteiger partial charge on any atom is -0.310 e. The van der Waals surface area contributed by atoms with Crippen LogP contribution in [0.5, 0.6) is 0 Å². The molecule has 2 nitrogen and oxygen atoms in total. The van der Waals surface area contributed by atoms with E-state index < -0.39 is 5.41 Å². The molecule has 3 aliphatic carbocycles. The van der Waals surface area contributed by atoms with Gasteiger partial charge in [0.15, 0.2) is 0 Å². The second kappa shape index (κ2) is 15.3. The number of fused-ring (bicyclic) bond motifs is 17. The molecule has 2 heteroatoms. The zero-order valence-electron chi connectivity index (χ0n) is 40.1. The molecule has 15 rings (SSSR count). The normalized spacial score (nSPS) is 13.9. The van der Waals surface area contributed by atoms with Crippen LogP contribution in [-0.4, -0.2) is 4.57 Å². The van der Waals surface area contributed by atoms with Gasteiger partial charge < -0.3 is 9.47 Å². The van der Waals surface area contributed by atoms with Crippen LogP contribution in [0.3, 0.4) is 0 Å². The number of aromatic nitrogens is 1. The number of benzene rings is 11. The molecule has 0 radical (unpaired) electrons. The number of para-hydroxylation sites is 2. The second-order valence-electron chi connectivity index (χ2n) is 20.4. The maximum absolute atomic E-state index is 2.48. The van der Waals surface area contributed by atoms with Gasteiger partial charge in [0.25, 0.3) is 0 Å². The minimum absolute atomic E-state index is 0.240. The number of anilines is 3. The van der Waals surface area contributed by atoms with E-state index in [1.54, 1.807) is 0 Å². The highest BCUT2D eigenvalue weighted by Gasteiger charge is 2.52. The zero-order chi connectivity index (χ0) is 47.7. The molecule has 0 bridgehead atoms. The van der Waals surface area contributed by atoms with Crippen LogP contribution in [0.2, 0.25) is 0 Å². The quantitative estimate of drug-likeness (QED) is 0.161. The van der Waals surface area contributed by atoms with Crippen LogP contribution in [0.1, 0.15) is 47.2 Å². The minimum atomic E-state index is -0.419. The standard InChI is InChI=1S/C70H48N2/c1-69(2)63-43-48(32-37-55(63)56-38-36-52(44-64(56)69)71(49-20-8-4-9-21-49)51-34-30-46(31-35-51)45-18-6-3-7-19-45)47-33-40-65-58(42-47)68-66(72(65)50-22-10-5-11-23-50)41-39-62-67(68)57-26-14-17-29-61(57)70(62)59-27-15-12-24-53(59)54-25-13-16-28-60(54)70/h3-44H,1-2H3. The molecule has 0 saturated carbocycles. The van der Waals surface area contributed by atoms with Crippen LogP contribution in [0.4, 0.5) is 17.1 Å². The fraction of sp³-hybridized carbons (Fsp3) is 0.0571. The average Bonchev–Trinajstić information content (AvgIpc) is 4.12. The van der Waals surface area contributed by atoms with Crippen LogP contribution in [-0.2, 0) is 10.8 Å². The third-order valence-electron chi connectivity index (χ3n) is 16.4. The number of rotatable bonds is 6. The van der Waals surface area contributed by atoms with Crippen molar-refractivity contribution in [1.82, 2.24) is 4.57 Å². The monoisotopic (exact) mass is 916 g/mol. The van der Waals surface area contributed by atoms with Crippen molar-refractivity contribution < 1.29 is 0 Å². The van der Waals surface area contributed by atoms with Gasteiger partial charge in [-0.3, -0.25) is 0 Å². The molecule has 0 atom stereocenters. The summed E-state index contributed by atoms with van der Waals surface area (Å²) >= 11 is 0. The lowest BCUT2D eigenvalue weighted by Crippen LogP contribution is -2.25. The first-order chi connectivity index (χ1) is 35.5. The Hall–Kier alpha value is -8.98. The van der Waals surface area contributed by atoms with Crippen molar-refractivity contribution in [3.63, 3.8) is 0 Å². The van der Waals surface area contributed by atoms with E-state index in [0.717, 1.165) is 22.7 Å². The molecule has 0 amide bonds. The van der Waals surface area contributed by atoms with Crippen LogP contribution in [0, 0.1) is 0 Å². The smallest absolute Gasteiger partial charge is 0.0725 e. The van der Waals surface area contributed by atoms with E-state index in [9.17, 15) is 0 Å². The molecule has 72 heavy (non-hydrogen) atoms. The Kier molecular flexibility index (Phi) is 8.66. The largest absolute Gasteiger partial charge is 0.310 e. The van der Waals surface area contributed by atoms with E-state index >= 15 is 0 Å². The Labute approximate surface area is 420 Å². The lowest BCUT2D eigenvalue weighted by Gasteiger charge is -2.30. The van der Waals surface area contributed by atoms with Crippen molar-refractivity contribution in [2.45, 2.75) is 24.7 Å². The third-order valence-corrected chi connectivity index (χ3v) is 16.4. The number of nitrogens with zero attached hydrogens (tertiary/aromatic N) is 2. The second-order valence-corrected chi connectivity index (χ2v) is 20.4. The van der Waals surface area contributed by atoms with Crippen molar-refractivity contribution in [2.24, 2.45) is 0 Å². The molecule has 12 aromatic rings. The van der Waals surface area contributed by atoms with E-state index in [4.69, 9.17) is 0 Å². The van der Waals surface area contributed by atoms with Crippen LogP contribution < -0.4 is 4.90 Å². The third kappa shape index (κ3) is 5.61. The molecular weight excluding hydrogens is 869 g/mol. The van der Waals surface area contributed by atoms with Gasteiger partial charge in [0.1, 0.15) is 0 Å². The van der Waals surface area contributed by atoms with Gasteiger partial charge in [0.2, 0.25) is 0 Å². The fourth-order valence-electron chi connectivity index (χ4n) is 13.2. The summed E-state index contributed by atoms with van der Waals surface area (Å²) < 4.78 is 2.48. The molecule has 0 N–H and O–H groups in total. The van der Waals surface area contributed by atoms with Gasteiger partial charge in [0, 0.05) is 38.9 Å². The molecule has 11 aromatic carbocycles. The average molecular weight is 917 g/mol. The molecule has 0 saturated heterocycles. The predicted octanol–water partition coefficient (Wildman–Crippen LogP) is 18.2. The van der Waals surface area contributed by atoms with Gasteiger partial charge >= 0.3 is 0 Å². The molecule has 0 fully saturated rings. The number of hydrogen-bond acceptors (Lipinski definition) is 1. The van der Waals surface area contributed by atoms with Crippen molar-refractivity contribution in [3.8, 4) is 61.3 Å². The molecule has 1 spiro atoms. The van der Waals surface area contributed by atoms with E-state index in [1.807, 2.05) is 0 Å². The molecule has 1 aromatic heterocycles. The highest BCUT2D eigenvalue weighted by molar-refractivity contribution is 6.19. The van der Waals surface area contributed by atoms with Gasteiger partial charge in [-0.1, -0.05) is 196 Å². The molecular formula is C70H48N2. The van der Waals surface area contributed by atoms with E-state index in [1.165, 1.54) is 111 Å². The summed E-state index contributed by atoms with van der Waals surface area (Å²) in [5.74, 6) is 0. The summed E-state index contributed by atoms with van der Waals surface area (Å²) in [6, 6.07) is 95.0. The van der Waals surface area contributed by atoms with Gasteiger partial charge in [-0.2, -0.15) is 0 Å². The van der Waals surface area contributed by atoms with E-state index in [-0.39, 0.29) is 5.41 Å². The van der Waals surface area contributed by atoms with Crippen LogP contribution in [0.15, 0.2) is 255 Å². The predicted molar refractivity (Wildman–Crippen MR) is 300 cm³/mol. The van der Waals surface area contributed by atoms with Crippen molar-refractivity contribution in [2.75, 3.05) is 4.90 Å². The maximum Gasteiger partial charge on any atom is 0.0725 e. The first kappa shape index (κ1) is 40.9. The SMILES string of the molecule is CC1(C)c2cc(-c3ccc4c(c3)c3c5c(ccc3n4-c3ccccc3)C3(c4ccccc4-c4ccccc43)c3ccccc3-5)ccc2-c2ccc(N(c3ccccc3)c3ccc(-c4ccccc4)cc3)cc21. The summed E-state index contributed by atoms with van der Waals surface area (Å²) in [4.78, 5) is 2.39. The molecule has 3 aliphatic rings. The lowest BCUT2D eigenvalue weighted by molar-refractivity contribution is 0.660. The van der Waals surface area contributed by atoms with Gasteiger partial charge in [-0.15, -0.1) is 0 Å². The Morgan fingerprint density at radius 3 is 1.49 bits per heavy atom. The first-order valence-corrected chi connectivity index (χ1v) is 25.3. The topological polar surface area (TPSA) is 8.17 Å². The Morgan fingerprint density at radius 1 is 0.319 bits per heavy atom. The zero-order valence-corrected chi connectivity index (χ0v) is 40.1. The number of hydrogen-bond donors (Lipinski definition) is 0. The van der Waals surface area contributed by atoms with Crippen LogP contribution >= 0.6 is 0 Å². The summed E-state index contributed by atoms with van der Waals surface area (Å²) in [5.41, 5.74) is 27.3. The van der Waals surface area contributed by atoms with E-state index in [2.05, 4.69) is 278 Å².